The zero-order chi connectivity index (χ0) is 15.6. The molecule has 4 nitrogen and oxygen atoms in total. The number of hydrogen-bond acceptors (Lipinski definition) is 4. The Balaban J connectivity index is 2.91. The van der Waals surface area contributed by atoms with E-state index in [0.717, 1.165) is 18.3 Å². The maximum absolute atomic E-state index is 9.10. The molecule has 0 saturated heterocycles. The molecule has 0 heterocycles. The molecule has 0 atom stereocenters. The second kappa shape index (κ2) is 6.26. The van der Waals surface area contributed by atoms with Gasteiger partial charge in [0.25, 0.3) is 0 Å². The Morgan fingerprint density at radius 2 is 1.10 bits per heavy atom. The van der Waals surface area contributed by atoms with Gasteiger partial charge in [-0.3, -0.25) is 0 Å². The van der Waals surface area contributed by atoms with Crippen molar-refractivity contribution in [1.29, 1.82) is 21.0 Å². The molecule has 1 aromatic carbocycles. The summed E-state index contributed by atoms with van der Waals surface area (Å²) in [6, 6.07) is 11.3. The molecule has 0 fully saturated rings. The minimum atomic E-state index is 0.0264. The minimum absolute atomic E-state index is 0.0264. The van der Waals surface area contributed by atoms with Crippen LogP contribution in [0, 0.1) is 52.5 Å². The first-order valence-electron chi connectivity index (χ1n) is 5.63. The Hall–Kier alpha value is -1.88. The average molecular weight is 494 g/mol. The fourth-order valence-corrected chi connectivity index (χ4v) is 3.11. The van der Waals surface area contributed by atoms with Crippen LogP contribution in [-0.2, 0) is 0 Å². The first-order valence-corrected chi connectivity index (χ1v) is 7.79. The predicted molar refractivity (Wildman–Crippen MR) is 92.8 cm³/mol. The maximum atomic E-state index is 9.10. The Morgan fingerprint density at radius 3 is 1.38 bits per heavy atom. The van der Waals surface area contributed by atoms with E-state index in [-0.39, 0.29) is 17.6 Å². The van der Waals surface area contributed by atoms with Gasteiger partial charge in [0.1, 0.15) is 35.4 Å². The smallest absolute Gasteiger partial charge is 0.133 e. The number of fused-ring (bicyclic) bond motifs is 1. The lowest BCUT2D eigenvalue weighted by atomic mass is 10.0. The summed E-state index contributed by atoms with van der Waals surface area (Å²) in [6.07, 6.45) is 0.262. The molecule has 0 saturated carbocycles. The van der Waals surface area contributed by atoms with Gasteiger partial charge in [0, 0.05) is 13.6 Å². The molecule has 98 valence electrons. The molecule has 0 unspecified atom stereocenters. The van der Waals surface area contributed by atoms with Gasteiger partial charge < -0.3 is 0 Å². The van der Waals surface area contributed by atoms with Crippen LogP contribution in [0.5, 0.6) is 0 Å². The molecule has 21 heavy (non-hydrogen) atoms. The van der Waals surface area contributed by atoms with Crippen molar-refractivity contribution in [3.63, 3.8) is 0 Å². The highest BCUT2D eigenvalue weighted by Gasteiger charge is 2.28. The molecule has 2 rings (SSSR count). The van der Waals surface area contributed by atoms with Crippen LogP contribution in [0.1, 0.15) is 17.5 Å². The first kappa shape index (κ1) is 15.5. The summed E-state index contributed by atoms with van der Waals surface area (Å²) in [5.41, 5.74) is 2.74. The maximum Gasteiger partial charge on any atom is 0.133 e. The van der Waals surface area contributed by atoms with Crippen LogP contribution in [-0.4, -0.2) is 0 Å². The molecule has 1 aliphatic carbocycles. The zero-order valence-corrected chi connectivity index (χ0v) is 14.7. The van der Waals surface area contributed by atoms with E-state index in [1.54, 1.807) is 0 Å². The Labute approximate surface area is 148 Å². The van der Waals surface area contributed by atoms with Crippen LogP contribution in [0.4, 0.5) is 0 Å². The summed E-state index contributed by atoms with van der Waals surface area (Å²) in [6.45, 7) is 0. The Kier molecular flexibility index (Phi) is 4.63. The first-order chi connectivity index (χ1) is 10.1. The van der Waals surface area contributed by atoms with Gasteiger partial charge in [0.2, 0.25) is 0 Å². The van der Waals surface area contributed by atoms with E-state index >= 15 is 0 Å². The van der Waals surface area contributed by atoms with Crippen molar-refractivity contribution in [1.82, 2.24) is 0 Å². The van der Waals surface area contributed by atoms with Gasteiger partial charge in [0.05, 0.1) is 0 Å². The predicted octanol–water partition coefficient (Wildman–Crippen LogP) is 3.90. The standard InChI is InChI=1S/C15H4I2N4/c16-14-2-12-10(8(4-18)5-19)1-11(9(6-20)7-21)13(12)3-15(14)17/h2-3H,1H2. The van der Waals surface area contributed by atoms with E-state index in [0.29, 0.717) is 11.1 Å². The third-order valence-electron chi connectivity index (χ3n) is 3.12. The van der Waals surface area contributed by atoms with Crippen molar-refractivity contribution in [2.75, 3.05) is 0 Å². The second-order valence-corrected chi connectivity index (χ2v) is 6.47. The third-order valence-corrected chi connectivity index (χ3v) is 5.93. The van der Waals surface area contributed by atoms with Gasteiger partial charge in [-0.2, -0.15) is 21.0 Å². The monoisotopic (exact) mass is 494 g/mol. The molecule has 0 aliphatic heterocycles. The van der Waals surface area contributed by atoms with Crippen LogP contribution in [0.15, 0.2) is 23.3 Å². The van der Waals surface area contributed by atoms with E-state index in [9.17, 15) is 0 Å². The van der Waals surface area contributed by atoms with E-state index in [2.05, 4.69) is 45.2 Å². The highest BCUT2D eigenvalue weighted by molar-refractivity contribution is 14.1. The Morgan fingerprint density at radius 1 is 0.762 bits per heavy atom. The van der Waals surface area contributed by atoms with E-state index in [4.69, 9.17) is 21.0 Å². The highest BCUT2D eigenvalue weighted by Crippen LogP contribution is 2.44. The number of nitrogens with zero attached hydrogens (tertiary/aromatic N) is 4. The fourth-order valence-electron chi connectivity index (χ4n) is 2.18. The molecule has 0 radical (unpaired) electrons. The van der Waals surface area contributed by atoms with Gasteiger partial charge in [-0.15, -0.1) is 0 Å². The van der Waals surface area contributed by atoms with Crippen LogP contribution >= 0.6 is 45.2 Å². The second-order valence-electron chi connectivity index (χ2n) is 4.14. The molecule has 0 bridgehead atoms. The number of nitriles is 4. The SMILES string of the molecule is N#CC(C#N)=C1CC(=C(C#N)C#N)c2cc(I)c(I)cc21. The molecule has 1 aliphatic rings. The van der Waals surface area contributed by atoms with Gasteiger partial charge in [-0.05, 0) is 79.6 Å². The number of halogens is 2. The van der Waals surface area contributed by atoms with Crippen LogP contribution in [0.3, 0.4) is 0 Å². The topological polar surface area (TPSA) is 95.2 Å². The van der Waals surface area contributed by atoms with Gasteiger partial charge in [-0.25, -0.2) is 0 Å². The molecular formula is C15H4I2N4. The van der Waals surface area contributed by atoms with E-state index < -0.39 is 0 Å². The summed E-state index contributed by atoms with van der Waals surface area (Å²) in [7, 11) is 0. The number of allylic oxidation sites excluding steroid dienone is 4. The quantitative estimate of drug-likeness (QED) is 0.404. The minimum Gasteiger partial charge on any atom is -0.192 e. The summed E-state index contributed by atoms with van der Waals surface area (Å²) in [4.78, 5) is 0. The number of hydrogen-bond donors (Lipinski definition) is 0. The van der Waals surface area contributed by atoms with Gasteiger partial charge >= 0.3 is 0 Å². The van der Waals surface area contributed by atoms with Crippen molar-refractivity contribution >= 4 is 56.3 Å². The molecule has 0 aromatic heterocycles. The van der Waals surface area contributed by atoms with Crippen LogP contribution < -0.4 is 0 Å². The molecule has 0 amide bonds. The van der Waals surface area contributed by atoms with Crippen molar-refractivity contribution in [3.05, 3.63) is 41.5 Å². The van der Waals surface area contributed by atoms with Gasteiger partial charge in [-0.1, -0.05) is 0 Å². The van der Waals surface area contributed by atoms with Crippen molar-refractivity contribution in [2.24, 2.45) is 0 Å². The number of rotatable bonds is 0. The van der Waals surface area contributed by atoms with Crippen molar-refractivity contribution < 1.29 is 0 Å². The largest absolute Gasteiger partial charge is 0.192 e. The van der Waals surface area contributed by atoms with Crippen molar-refractivity contribution in [2.45, 2.75) is 6.42 Å². The zero-order valence-electron chi connectivity index (χ0n) is 10.4. The number of benzene rings is 1. The van der Waals surface area contributed by atoms with E-state index in [1.807, 2.05) is 36.4 Å². The third kappa shape index (κ3) is 2.65. The lowest BCUT2D eigenvalue weighted by molar-refractivity contribution is 1.41. The summed E-state index contributed by atoms with van der Waals surface area (Å²) >= 11 is 4.35. The fraction of sp³-hybridized carbons (Fsp3) is 0.0667. The van der Waals surface area contributed by atoms with Crippen LogP contribution in [0.2, 0.25) is 0 Å². The lowest BCUT2D eigenvalue weighted by Crippen LogP contribution is -1.89. The summed E-state index contributed by atoms with van der Waals surface area (Å²) < 4.78 is 1.99. The van der Waals surface area contributed by atoms with E-state index in [1.165, 1.54) is 0 Å². The molecule has 0 spiro atoms. The molecular weight excluding hydrogens is 490 g/mol. The van der Waals surface area contributed by atoms with Crippen molar-refractivity contribution in [3.8, 4) is 24.3 Å². The molecule has 6 heteroatoms. The lowest BCUT2D eigenvalue weighted by Gasteiger charge is -2.04. The molecule has 0 N–H and O–H groups in total. The summed E-state index contributed by atoms with van der Waals surface area (Å²) in [5, 5.41) is 36.4. The normalized spacial score (nSPS) is 11.7. The molecule has 1 aromatic rings. The van der Waals surface area contributed by atoms with Crippen LogP contribution in [0.25, 0.3) is 11.1 Å². The average Bonchev–Trinajstić information content (AvgIpc) is 2.82. The van der Waals surface area contributed by atoms with Gasteiger partial charge in [0.15, 0.2) is 0 Å². The summed E-state index contributed by atoms with van der Waals surface area (Å²) in [5.74, 6) is 0. The highest BCUT2D eigenvalue weighted by atomic mass is 127. The Bertz CT molecular complexity index is 775.